The summed E-state index contributed by atoms with van der Waals surface area (Å²) in [5.74, 6) is -2.26. The van der Waals surface area contributed by atoms with E-state index in [9.17, 15) is 28.8 Å². The van der Waals surface area contributed by atoms with Crippen LogP contribution in [0, 0.1) is 22.6 Å². The minimum atomic E-state index is -1.10. The molecule has 2 aromatic carbocycles. The molecule has 2 aromatic rings. The number of nitriles is 1. The van der Waals surface area contributed by atoms with E-state index in [4.69, 9.17) is 0 Å². The van der Waals surface area contributed by atoms with Gasteiger partial charge in [-0.1, -0.05) is 45.0 Å². The van der Waals surface area contributed by atoms with Gasteiger partial charge in [0.15, 0.2) is 0 Å². The predicted octanol–water partition coefficient (Wildman–Crippen LogP) is 3.04. The van der Waals surface area contributed by atoms with Crippen LogP contribution in [-0.2, 0) is 31.0 Å². The fraction of sp³-hybridized carbons (Fsp3) is 0.433. The number of nitrogens with zero attached hydrogens (tertiary/aromatic N) is 3. The van der Waals surface area contributed by atoms with Crippen LogP contribution in [0.15, 0.2) is 42.5 Å². The second-order valence-corrected chi connectivity index (χ2v) is 12.1. The zero-order valence-corrected chi connectivity index (χ0v) is 23.0. The fourth-order valence-electron chi connectivity index (χ4n) is 6.25. The van der Waals surface area contributed by atoms with Crippen molar-refractivity contribution in [3.63, 3.8) is 0 Å². The number of carbonyl (C=O) groups is 4. The van der Waals surface area contributed by atoms with Crippen molar-refractivity contribution in [1.29, 1.82) is 5.26 Å². The first-order chi connectivity index (χ1) is 18.8. The molecule has 9 nitrogen and oxygen atoms in total. The van der Waals surface area contributed by atoms with E-state index in [2.05, 4.69) is 16.7 Å². The lowest BCUT2D eigenvalue weighted by Crippen LogP contribution is -2.60. The normalized spacial score (nSPS) is 24.3. The summed E-state index contributed by atoms with van der Waals surface area (Å²) in [6.45, 7) is 7.05. The Kier molecular flexibility index (Phi) is 6.65. The summed E-state index contributed by atoms with van der Waals surface area (Å²) in [5.41, 5.74) is 0.721. The molecule has 0 aromatic heterocycles. The second-order valence-electron chi connectivity index (χ2n) is 12.1. The van der Waals surface area contributed by atoms with Crippen molar-refractivity contribution in [3.8, 4) is 6.07 Å². The van der Waals surface area contributed by atoms with Gasteiger partial charge in [0.1, 0.15) is 23.9 Å². The number of para-hydroxylation sites is 1. The third-order valence-corrected chi connectivity index (χ3v) is 7.96. The minimum Gasteiger partial charge on any atom is -0.344 e. The number of amides is 4. The van der Waals surface area contributed by atoms with Gasteiger partial charge in [-0.25, -0.2) is 4.39 Å². The Morgan fingerprint density at radius 1 is 1.23 bits per heavy atom. The Hall–Kier alpha value is -4.26. The van der Waals surface area contributed by atoms with Crippen LogP contribution in [0.25, 0.3) is 0 Å². The number of hydrogen-bond donors (Lipinski definition) is 2. The molecule has 0 saturated carbocycles. The topological polar surface area (TPSA) is 123 Å². The van der Waals surface area contributed by atoms with Gasteiger partial charge in [-0.3, -0.25) is 24.1 Å². The Morgan fingerprint density at radius 2 is 1.95 bits per heavy atom. The molecule has 4 atom stereocenters. The number of hydrogen-bond acceptors (Lipinski definition) is 5. The number of rotatable bonds is 4. The second kappa shape index (κ2) is 9.73. The molecular formula is C30H32FN5O4. The van der Waals surface area contributed by atoms with E-state index in [-0.39, 0.29) is 37.4 Å². The number of carbonyl (C=O) groups excluding carboxylic acids is 4. The van der Waals surface area contributed by atoms with Crippen molar-refractivity contribution in [1.82, 2.24) is 10.2 Å². The van der Waals surface area contributed by atoms with E-state index >= 15 is 0 Å². The first kappa shape index (κ1) is 27.3. The predicted molar refractivity (Wildman–Crippen MR) is 146 cm³/mol. The summed E-state index contributed by atoms with van der Waals surface area (Å²) in [5, 5.41) is 15.7. The molecule has 0 bridgehead atoms. The smallest absolute Gasteiger partial charge is 0.250 e. The molecular weight excluding hydrogens is 513 g/mol. The first-order valence-electron chi connectivity index (χ1n) is 13.3. The van der Waals surface area contributed by atoms with E-state index in [1.54, 1.807) is 18.2 Å². The van der Waals surface area contributed by atoms with Crippen LogP contribution in [0.2, 0.25) is 0 Å². The third kappa shape index (κ3) is 4.59. The van der Waals surface area contributed by atoms with Crippen LogP contribution in [0.5, 0.6) is 0 Å². The zero-order chi connectivity index (χ0) is 29.0. The Bertz CT molecular complexity index is 1460. The molecule has 2 N–H and O–H groups in total. The van der Waals surface area contributed by atoms with Crippen molar-refractivity contribution in [2.75, 3.05) is 16.8 Å². The van der Waals surface area contributed by atoms with Crippen molar-refractivity contribution < 1.29 is 23.6 Å². The molecule has 3 aliphatic rings. The van der Waals surface area contributed by atoms with Crippen LogP contribution >= 0.6 is 0 Å². The molecule has 5 rings (SSSR count). The van der Waals surface area contributed by atoms with Crippen LogP contribution in [0.1, 0.15) is 51.7 Å². The van der Waals surface area contributed by atoms with E-state index in [0.717, 1.165) is 5.56 Å². The van der Waals surface area contributed by atoms with Crippen molar-refractivity contribution >= 4 is 35.0 Å². The van der Waals surface area contributed by atoms with Gasteiger partial charge < -0.3 is 15.5 Å². The van der Waals surface area contributed by atoms with Gasteiger partial charge in [0.25, 0.3) is 5.91 Å². The lowest BCUT2D eigenvalue weighted by atomic mass is 9.80. The quantitative estimate of drug-likeness (QED) is 0.612. The maximum atomic E-state index is 14.5. The maximum Gasteiger partial charge on any atom is 0.250 e. The molecule has 10 heteroatoms. The summed E-state index contributed by atoms with van der Waals surface area (Å²) >= 11 is 0. The average molecular weight is 546 g/mol. The van der Waals surface area contributed by atoms with Gasteiger partial charge in [-0.05, 0) is 41.2 Å². The SMILES string of the molecule is CC(=O)N[C@H]1Cc2ccc(F)cc2N([C@@H](CC(C)(C)C)C(=O)N2C[C@]3(C[C@H]2C#N)C(=O)Nc2ccccc23)C1=O. The van der Waals surface area contributed by atoms with Crippen LogP contribution in [0.4, 0.5) is 15.8 Å². The van der Waals surface area contributed by atoms with Gasteiger partial charge in [-0.2, -0.15) is 5.26 Å². The molecule has 1 saturated heterocycles. The van der Waals surface area contributed by atoms with Gasteiger partial charge in [0.05, 0.1) is 17.2 Å². The highest BCUT2D eigenvalue weighted by atomic mass is 19.1. The fourth-order valence-corrected chi connectivity index (χ4v) is 6.25. The molecule has 1 spiro atoms. The minimum absolute atomic E-state index is 0.0271. The summed E-state index contributed by atoms with van der Waals surface area (Å²) in [6, 6.07) is 10.6. The average Bonchev–Trinajstić information content (AvgIpc) is 3.40. The van der Waals surface area contributed by atoms with Crippen molar-refractivity contribution in [2.45, 2.75) is 70.5 Å². The summed E-state index contributed by atoms with van der Waals surface area (Å²) in [6.07, 6.45) is 0.476. The zero-order valence-electron chi connectivity index (χ0n) is 23.0. The molecule has 0 unspecified atom stereocenters. The number of anilines is 2. The molecule has 3 aliphatic heterocycles. The lowest BCUT2D eigenvalue weighted by molar-refractivity contribution is -0.136. The molecule has 208 valence electrons. The molecule has 0 radical (unpaired) electrons. The summed E-state index contributed by atoms with van der Waals surface area (Å²) < 4.78 is 14.5. The van der Waals surface area contributed by atoms with Crippen molar-refractivity contribution in [3.05, 3.63) is 59.4 Å². The van der Waals surface area contributed by atoms with Gasteiger partial charge >= 0.3 is 0 Å². The lowest BCUT2D eigenvalue weighted by Gasteiger charge is -2.42. The molecule has 0 aliphatic carbocycles. The number of halogens is 1. The first-order valence-corrected chi connectivity index (χ1v) is 13.3. The molecule has 3 heterocycles. The number of benzene rings is 2. The van der Waals surface area contributed by atoms with Gasteiger partial charge in [0.2, 0.25) is 17.7 Å². The number of fused-ring (bicyclic) bond motifs is 3. The summed E-state index contributed by atoms with van der Waals surface area (Å²) in [7, 11) is 0. The Balaban J connectivity index is 1.59. The highest BCUT2D eigenvalue weighted by Gasteiger charge is 2.57. The van der Waals surface area contributed by atoms with E-state index < -0.39 is 52.5 Å². The number of likely N-dealkylation sites (tertiary alicyclic amines) is 1. The molecule has 40 heavy (non-hydrogen) atoms. The highest BCUT2D eigenvalue weighted by molar-refractivity contribution is 6.09. The van der Waals surface area contributed by atoms with Gasteiger partial charge in [0, 0.05) is 32.0 Å². The van der Waals surface area contributed by atoms with E-state index in [1.165, 1.54) is 28.9 Å². The Labute approximate surface area is 232 Å². The Morgan fingerprint density at radius 3 is 2.62 bits per heavy atom. The standard InChI is InChI=1S/C30H32FN5O4/c1-17(37)33-23-11-18-9-10-19(31)12-24(18)36(26(23)38)25(14-29(2,3)4)27(39)35-16-30(13-20(35)15-32)21-7-5-6-8-22(21)34-28(30)40/h5-10,12,20,23,25H,11,13-14,16H2,1-4H3,(H,33,37)(H,34,40)/t20-,23-,25-,30-/m0/s1. The van der Waals surface area contributed by atoms with Crippen LogP contribution in [0.3, 0.4) is 0 Å². The molecule has 4 amide bonds. The number of nitrogens with one attached hydrogen (secondary N) is 2. The van der Waals surface area contributed by atoms with E-state index in [1.807, 2.05) is 32.9 Å². The maximum absolute atomic E-state index is 14.5. The molecule has 1 fully saturated rings. The summed E-state index contributed by atoms with van der Waals surface area (Å²) in [4.78, 5) is 56.3. The van der Waals surface area contributed by atoms with Gasteiger partial charge in [-0.15, -0.1) is 0 Å². The highest BCUT2D eigenvalue weighted by Crippen LogP contribution is 2.47. The largest absolute Gasteiger partial charge is 0.344 e. The van der Waals surface area contributed by atoms with E-state index in [0.29, 0.717) is 11.3 Å². The third-order valence-electron chi connectivity index (χ3n) is 7.96. The van der Waals surface area contributed by atoms with Crippen LogP contribution < -0.4 is 15.5 Å². The van der Waals surface area contributed by atoms with Crippen molar-refractivity contribution in [2.24, 2.45) is 5.41 Å². The monoisotopic (exact) mass is 545 g/mol. The van der Waals surface area contributed by atoms with Crippen LogP contribution in [-0.4, -0.2) is 53.2 Å².